The third-order valence-corrected chi connectivity index (χ3v) is 2.89. The first-order chi connectivity index (χ1) is 9.45. The van der Waals surface area contributed by atoms with Gasteiger partial charge in [0.1, 0.15) is 11.6 Å². The molecule has 20 heavy (non-hydrogen) atoms. The van der Waals surface area contributed by atoms with Gasteiger partial charge in [-0.25, -0.2) is 8.78 Å². The van der Waals surface area contributed by atoms with Crippen LogP contribution in [-0.2, 0) is 6.54 Å². The highest BCUT2D eigenvalue weighted by Crippen LogP contribution is 2.24. The molecule has 0 aliphatic rings. The Hall–Kier alpha value is -2.21. The number of non-ortho nitro benzene ring substituents is 1. The summed E-state index contributed by atoms with van der Waals surface area (Å²) in [5, 5.41) is 13.7. The van der Waals surface area contributed by atoms with E-state index in [1.54, 1.807) is 0 Å². The minimum atomic E-state index is -0.707. The molecule has 2 aromatic rings. The van der Waals surface area contributed by atoms with E-state index in [0.717, 1.165) is 12.1 Å². The number of hydrogen-bond donors (Lipinski definition) is 1. The van der Waals surface area contributed by atoms with Crippen LogP contribution < -0.4 is 5.32 Å². The SMILES string of the molecule is O=[N+]([O-])c1cc(F)cc(CNc2cc(F)ccc2Cl)c1. The highest BCUT2D eigenvalue weighted by atomic mass is 35.5. The van der Waals surface area contributed by atoms with Crippen LogP contribution >= 0.6 is 11.6 Å². The summed E-state index contributed by atoms with van der Waals surface area (Å²) in [6.45, 7) is 0.0851. The van der Waals surface area contributed by atoms with Crippen molar-refractivity contribution in [1.82, 2.24) is 0 Å². The van der Waals surface area contributed by atoms with Gasteiger partial charge >= 0.3 is 0 Å². The van der Waals surface area contributed by atoms with Crippen LogP contribution in [0.3, 0.4) is 0 Å². The maximum absolute atomic E-state index is 13.2. The average Bonchev–Trinajstić information content (AvgIpc) is 2.39. The molecule has 4 nitrogen and oxygen atoms in total. The van der Waals surface area contributed by atoms with Gasteiger partial charge < -0.3 is 5.32 Å². The van der Waals surface area contributed by atoms with Gasteiger partial charge in [-0.1, -0.05) is 11.6 Å². The van der Waals surface area contributed by atoms with Crippen molar-refractivity contribution in [2.24, 2.45) is 0 Å². The summed E-state index contributed by atoms with van der Waals surface area (Å²) in [5.74, 6) is -1.18. The maximum atomic E-state index is 13.2. The van der Waals surface area contributed by atoms with Crippen molar-refractivity contribution in [2.75, 3.05) is 5.32 Å². The molecule has 0 atom stereocenters. The molecule has 0 radical (unpaired) electrons. The summed E-state index contributed by atoms with van der Waals surface area (Å²) >= 11 is 5.86. The zero-order valence-electron chi connectivity index (χ0n) is 10.1. The second-order valence-electron chi connectivity index (χ2n) is 4.05. The zero-order valence-corrected chi connectivity index (χ0v) is 10.8. The predicted octanol–water partition coefficient (Wildman–Crippen LogP) is 4.14. The van der Waals surface area contributed by atoms with Crippen molar-refractivity contribution in [3.63, 3.8) is 0 Å². The summed E-state index contributed by atoms with van der Waals surface area (Å²) in [5.41, 5.74) is 0.350. The van der Waals surface area contributed by atoms with Crippen LogP contribution in [0.1, 0.15) is 5.56 Å². The second kappa shape index (κ2) is 5.83. The molecule has 0 unspecified atom stereocenters. The molecule has 0 saturated heterocycles. The Bertz CT molecular complexity index is 665. The van der Waals surface area contributed by atoms with Gasteiger partial charge in [0.2, 0.25) is 0 Å². The number of nitro benzene ring substituents is 1. The number of rotatable bonds is 4. The van der Waals surface area contributed by atoms with Gasteiger partial charge in [-0.3, -0.25) is 10.1 Å². The molecule has 2 rings (SSSR count). The quantitative estimate of drug-likeness (QED) is 0.682. The Morgan fingerprint density at radius 1 is 1.15 bits per heavy atom. The van der Waals surface area contributed by atoms with E-state index < -0.39 is 16.6 Å². The van der Waals surface area contributed by atoms with Gasteiger partial charge in [0, 0.05) is 12.6 Å². The summed E-state index contributed by atoms with van der Waals surface area (Å²) in [7, 11) is 0. The number of hydrogen-bond acceptors (Lipinski definition) is 3. The molecular weight excluding hydrogens is 290 g/mol. The van der Waals surface area contributed by atoms with E-state index >= 15 is 0 Å². The van der Waals surface area contributed by atoms with Gasteiger partial charge in [0.05, 0.1) is 21.7 Å². The molecule has 2 aromatic carbocycles. The number of benzene rings is 2. The van der Waals surface area contributed by atoms with Crippen molar-refractivity contribution >= 4 is 23.0 Å². The second-order valence-corrected chi connectivity index (χ2v) is 4.46. The molecule has 0 amide bonds. The molecule has 104 valence electrons. The molecule has 1 N–H and O–H groups in total. The fraction of sp³-hybridized carbons (Fsp3) is 0.0769. The lowest BCUT2D eigenvalue weighted by Crippen LogP contribution is -2.02. The molecule has 0 aromatic heterocycles. The number of halogens is 3. The highest BCUT2D eigenvalue weighted by molar-refractivity contribution is 6.33. The van der Waals surface area contributed by atoms with Crippen LogP contribution in [0.4, 0.5) is 20.2 Å². The van der Waals surface area contributed by atoms with Crippen molar-refractivity contribution in [2.45, 2.75) is 6.54 Å². The number of nitrogens with one attached hydrogen (secondary N) is 1. The van der Waals surface area contributed by atoms with Gasteiger partial charge in [-0.05, 0) is 29.8 Å². The third kappa shape index (κ3) is 3.42. The summed E-state index contributed by atoms with van der Waals surface area (Å²) in [6, 6.07) is 7.01. The predicted molar refractivity (Wildman–Crippen MR) is 71.8 cm³/mol. The first kappa shape index (κ1) is 14.2. The van der Waals surface area contributed by atoms with Crippen LogP contribution in [0.15, 0.2) is 36.4 Å². The molecule has 0 aliphatic heterocycles. The lowest BCUT2D eigenvalue weighted by molar-refractivity contribution is -0.385. The third-order valence-electron chi connectivity index (χ3n) is 2.56. The van der Waals surface area contributed by atoms with Crippen molar-refractivity contribution in [1.29, 1.82) is 0 Å². The molecule has 0 fully saturated rings. The Morgan fingerprint density at radius 3 is 2.60 bits per heavy atom. The molecule has 0 spiro atoms. The fourth-order valence-corrected chi connectivity index (χ4v) is 1.86. The zero-order chi connectivity index (χ0) is 14.7. The fourth-order valence-electron chi connectivity index (χ4n) is 1.67. The molecule has 0 heterocycles. The average molecular weight is 299 g/mol. The van der Waals surface area contributed by atoms with Gasteiger partial charge in [-0.15, -0.1) is 0 Å². The van der Waals surface area contributed by atoms with Gasteiger partial charge in [0.15, 0.2) is 0 Å². The van der Waals surface area contributed by atoms with Crippen LogP contribution in [0.5, 0.6) is 0 Å². The van der Waals surface area contributed by atoms with Crippen LogP contribution in [-0.4, -0.2) is 4.92 Å². The normalized spacial score (nSPS) is 10.3. The van der Waals surface area contributed by atoms with E-state index in [1.807, 2.05) is 0 Å². The van der Waals surface area contributed by atoms with Crippen molar-refractivity contribution in [3.8, 4) is 0 Å². The van der Waals surface area contributed by atoms with Crippen molar-refractivity contribution in [3.05, 3.63) is 68.7 Å². The van der Waals surface area contributed by atoms with Crippen LogP contribution in [0.2, 0.25) is 5.02 Å². The Kier molecular flexibility index (Phi) is 4.14. The molecule has 0 aliphatic carbocycles. The van der Waals surface area contributed by atoms with Crippen LogP contribution in [0, 0.1) is 21.7 Å². The molecule has 0 bridgehead atoms. The number of nitro groups is 1. The summed E-state index contributed by atoms with van der Waals surface area (Å²) < 4.78 is 26.3. The Morgan fingerprint density at radius 2 is 1.90 bits per heavy atom. The van der Waals surface area contributed by atoms with E-state index in [-0.39, 0.29) is 12.2 Å². The smallest absolute Gasteiger partial charge is 0.272 e. The Balaban J connectivity index is 2.18. The first-order valence-corrected chi connectivity index (χ1v) is 5.96. The van der Waals surface area contributed by atoms with Crippen LogP contribution in [0.25, 0.3) is 0 Å². The van der Waals surface area contributed by atoms with E-state index in [9.17, 15) is 18.9 Å². The lowest BCUT2D eigenvalue weighted by atomic mass is 10.2. The summed E-state index contributed by atoms with van der Waals surface area (Å²) in [6.07, 6.45) is 0. The lowest BCUT2D eigenvalue weighted by Gasteiger charge is -2.08. The minimum absolute atomic E-state index is 0.0851. The Labute approximate surface area is 118 Å². The first-order valence-electron chi connectivity index (χ1n) is 5.58. The van der Waals surface area contributed by atoms with E-state index in [2.05, 4.69) is 5.32 Å². The minimum Gasteiger partial charge on any atom is -0.380 e. The number of anilines is 1. The summed E-state index contributed by atoms with van der Waals surface area (Å²) in [4.78, 5) is 9.95. The highest BCUT2D eigenvalue weighted by Gasteiger charge is 2.10. The monoisotopic (exact) mass is 298 g/mol. The van der Waals surface area contributed by atoms with Gasteiger partial charge in [-0.2, -0.15) is 0 Å². The van der Waals surface area contributed by atoms with E-state index in [0.29, 0.717) is 16.3 Å². The largest absolute Gasteiger partial charge is 0.380 e. The van der Waals surface area contributed by atoms with Crippen molar-refractivity contribution < 1.29 is 13.7 Å². The topological polar surface area (TPSA) is 55.2 Å². The van der Waals surface area contributed by atoms with E-state index in [1.165, 1.54) is 24.3 Å². The maximum Gasteiger partial charge on any atom is 0.272 e. The molecule has 0 saturated carbocycles. The number of nitrogens with zero attached hydrogens (tertiary/aromatic N) is 1. The molecular formula is C13H9ClF2N2O2. The van der Waals surface area contributed by atoms with Gasteiger partial charge in [0.25, 0.3) is 5.69 Å². The van der Waals surface area contributed by atoms with E-state index in [4.69, 9.17) is 11.6 Å². The molecule has 7 heteroatoms. The standard InChI is InChI=1S/C13H9ClF2N2O2/c14-12-2-1-9(15)6-13(12)17-7-8-3-10(16)5-11(4-8)18(19)20/h1-6,17H,7H2.